The third-order valence-electron chi connectivity index (χ3n) is 2.04. The normalized spacial score (nSPS) is 21.1. The van der Waals surface area contributed by atoms with Gasteiger partial charge in [0.15, 0.2) is 5.16 Å². The van der Waals surface area contributed by atoms with Gasteiger partial charge in [-0.1, -0.05) is 27.7 Å². The highest BCUT2D eigenvalue weighted by molar-refractivity contribution is 9.09. The molecule has 1 amide bonds. The monoisotopic (exact) mass is 288 g/mol. The van der Waals surface area contributed by atoms with Crippen molar-refractivity contribution in [3.63, 3.8) is 0 Å². The molecule has 0 aromatic carbocycles. The van der Waals surface area contributed by atoms with Crippen molar-refractivity contribution in [2.45, 2.75) is 16.4 Å². The summed E-state index contributed by atoms with van der Waals surface area (Å²) in [6, 6.07) is 0. The Kier molecular flexibility index (Phi) is 3.20. The van der Waals surface area contributed by atoms with Crippen molar-refractivity contribution in [1.29, 1.82) is 0 Å². The van der Waals surface area contributed by atoms with Crippen LogP contribution < -0.4 is 4.90 Å². The van der Waals surface area contributed by atoms with Gasteiger partial charge in [0.05, 0.1) is 0 Å². The van der Waals surface area contributed by atoms with Gasteiger partial charge in [-0.2, -0.15) is 4.98 Å². The summed E-state index contributed by atoms with van der Waals surface area (Å²) in [5.74, 6) is 0.497. The van der Waals surface area contributed by atoms with E-state index in [9.17, 15) is 4.79 Å². The zero-order valence-corrected chi connectivity index (χ0v) is 10.5. The number of anilines is 1. The van der Waals surface area contributed by atoms with Crippen LogP contribution >= 0.6 is 27.7 Å². The number of alkyl halides is 1. The van der Waals surface area contributed by atoms with E-state index < -0.39 is 0 Å². The van der Waals surface area contributed by atoms with Gasteiger partial charge in [0.2, 0.25) is 11.9 Å². The second kappa shape index (κ2) is 4.44. The first-order valence-corrected chi connectivity index (χ1v) is 6.52. The average Bonchev–Trinajstić information content (AvgIpc) is 2.58. The van der Waals surface area contributed by atoms with E-state index >= 15 is 0 Å². The number of nitrogens with zero attached hydrogens (tertiary/aromatic N) is 4. The number of thioether (sulfide) groups is 1. The lowest BCUT2D eigenvalue weighted by molar-refractivity contribution is -0.117. The Balaban J connectivity index is 2.25. The van der Waals surface area contributed by atoms with E-state index in [1.54, 1.807) is 4.90 Å². The van der Waals surface area contributed by atoms with Gasteiger partial charge in [0, 0.05) is 17.8 Å². The van der Waals surface area contributed by atoms with Gasteiger partial charge >= 0.3 is 0 Å². The maximum atomic E-state index is 11.6. The minimum atomic E-state index is 0.0510. The molecule has 1 aliphatic heterocycles. The van der Waals surface area contributed by atoms with Gasteiger partial charge in [-0.3, -0.25) is 9.69 Å². The molecule has 2 heterocycles. The summed E-state index contributed by atoms with van der Waals surface area (Å²) in [6.07, 6.45) is 3.82. The summed E-state index contributed by atoms with van der Waals surface area (Å²) in [4.78, 5) is 25.5. The topological polar surface area (TPSA) is 59.0 Å². The van der Waals surface area contributed by atoms with E-state index in [4.69, 9.17) is 0 Å². The lowest BCUT2D eigenvalue weighted by Gasteiger charge is -2.12. The molecule has 1 aromatic rings. The van der Waals surface area contributed by atoms with E-state index in [0.717, 1.165) is 0 Å². The number of rotatable bonds is 2. The van der Waals surface area contributed by atoms with Gasteiger partial charge in [-0.05, 0) is 6.26 Å². The summed E-state index contributed by atoms with van der Waals surface area (Å²) in [5.41, 5.74) is 0. The number of carbonyl (C=O) groups excluding carboxylic acids is 1. The summed E-state index contributed by atoms with van der Waals surface area (Å²) in [5, 5.41) is 0.630. The van der Waals surface area contributed by atoms with Crippen LogP contribution in [0.5, 0.6) is 0 Å². The molecule has 0 spiro atoms. The van der Waals surface area contributed by atoms with Crippen LogP contribution in [0.25, 0.3) is 0 Å². The van der Waals surface area contributed by atoms with Crippen LogP contribution in [-0.4, -0.2) is 38.5 Å². The molecule has 1 aliphatic rings. The molecule has 7 heteroatoms. The number of aromatic nitrogens is 3. The summed E-state index contributed by atoms with van der Waals surface area (Å²) in [6.45, 7) is 0.622. The fraction of sp³-hybridized carbons (Fsp3) is 0.500. The number of halogens is 1. The van der Waals surface area contributed by atoms with E-state index in [2.05, 4.69) is 30.9 Å². The molecule has 0 N–H and O–H groups in total. The van der Waals surface area contributed by atoms with Crippen molar-refractivity contribution in [3.8, 4) is 0 Å². The number of amides is 1. The SMILES string of the molecule is CSc1ncnc(N2CC(Br)CC2=O)n1. The van der Waals surface area contributed by atoms with Gasteiger partial charge in [0.25, 0.3) is 0 Å². The van der Waals surface area contributed by atoms with Crippen molar-refractivity contribution < 1.29 is 4.79 Å². The molecule has 1 atom stereocenters. The zero-order valence-electron chi connectivity index (χ0n) is 8.05. The maximum absolute atomic E-state index is 11.6. The van der Waals surface area contributed by atoms with Crippen LogP contribution in [0.2, 0.25) is 0 Å². The zero-order chi connectivity index (χ0) is 10.8. The first-order chi connectivity index (χ1) is 7.20. The molecule has 0 saturated carbocycles. The van der Waals surface area contributed by atoms with Crippen LogP contribution in [-0.2, 0) is 4.79 Å². The predicted molar refractivity (Wildman–Crippen MR) is 61.3 cm³/mol. The van der Waals surface area contributed by atoms with E-state index in [1.165, 1.54) is 18.1 Å². The molecule has 0 radical (unpaired) electrons. The molecule has 15 heavy (non-hydrogen) atoms. The van der Waals surface area contributed by atoms with Crippen LogP contribution in [0.1, 0.15) is 6.42 Å². The number of hydrogen-bond donors (Lipinski definition) is 0. The van der Waals surface area contributed by atoms with Gasteiger partial charge in [-0.15, -0.1) is 0 Å². The molecule has 80 valence electrons. The molecule has 1 saturated heterocycles. The molecular formula is C8H9BrN4OS. The van der Waals surface area contributed by atoms with Gasteiger partial charge in [0.1, 0.15) is 6.33 Å². The Labute approximate surface area is 99.8 Å². The fourth-order valence-corrected chi connectivity index (χ4v) is 2.25. The van der Waals surface area contributed by atoms with Gasteiger partial charge in [-0.25, -0.2) is 9.97 Å². The standard InChI is InChI=1S/C8H9BrN4OS/c1-15-8-11-4-10-7(12-8)13-3-5(9)2-6(13)14/h4-5H,2-3H2,1H3. The molecular weight excluding hydrogens is 280 g/mol. The first-order valence-electron chi connectivity index (χ1n) is 4.38. The summed E-state index contributed by atoms with van der Waals surface area (Å²) >= 11 is 4.84. The maximum Gasteiger partial charge on any atom is 0.236 e. The Bertz CT molecular complexity index is 389. The Hall–Kier alpha value is -0.690. The smallest absolute Gasteiger partial charge is 0.236 e. The molecule has 1 fully saturated rings. The lowest BCUT2D eigenvalue weighted by Crippen LogP contribution is -2.26. The Morgan fingerprint density at radius 3 is 3.00 bits per heavy atom. The van der Waals surface area contributed by atoms with Crippen molar-refractivity contribution in [1.82, 2.24) is 15.0 Å². The fourth-order valence-electron chi connectivity index (χ4n) is 1.36. The highest BCUT2D eigenvalue weighted by atomic mass is 79.9. The molecule has 5 nitrogen and oxygen atoms in total. The summed E-state index contributed by atoms with van der Waals surface area (Å²) < 4.78 is 0. The van der Waals surface area contributed by atoms with Crippen molar-refractivity contribution in [2.24, 2.45) is 0 Å². The van der Waals surface area contributed by atoms with Crippen LogP contribution in [0, 0.1) is 0 Å². The quantitative estimate of drug-likeness (QED) is 0.602. The molecule has 1 aromatic heterocycles. The summed E-state index contributed by atoms with van der Waals surface area (Å²) in [7, 11) is 0. The number of hydrogen-bond acceptors (Lipinski definition) is 5. The van der Waals surface area contributed by atoms with Crippen molar-refractivity contribution in [2.75, 3.05) is 17.7 Å². The predicted octanol–water partition coefficient (Wildman–Crippen LogP) is 1.09. The highest BCUT2D eigenvalue weighted by Crippen LogP contribution is 2.22. The van der Waals surface area contributed by atoms with Crippen molar-refractivity contribution >= 4 is 39.5 Å². The first kappa shape index (κ1) is 10.8. The number of carbonyl (C=O) groups is 1. The molecule has 0 aliphatic carbocycles. The third-order valence-corrected chi connectivity index (χ3v) is 3.21. The minimum Gasteiger partial charge on any atom is -0.279 e. The average molecular weight is 289 g/mol. The van der Waals surface area contributed by atoms with Gasteiger partial charge < -0.3 is 0 Å². The van der Waals surface area contributed by atoms with Crippen LogP contribution in [0.4, 0.5) is 5.95 Å². The Morgan fingerprint density at radius 1 is 1.60 bits per heavy atom. The van der Waals surface area contributed by atoms with Crippen LogP contribution in [0.3, 0.4) is 0 Å². The van der Waals surface area contributed by atoms with E-state index in [0.29, 0.717) is 24.1 Å². The second-order valence-corrected chi connectivity index (χ2v) is 5.15. The molecule has 0 bridgehead atoms. The largest absolute Gasteiger partial charge is 0.279 e. The van der Waals surface area contributed by atoms with E-state index in [-0.39, 0.29) is 10.7 Å². The lowest BCUT2D eigenvalue weighted by atomic mass is 10.4. The molecule has 1 unspecified atom stereocenters. The second-order valence-electron chi connectivity index (χ2n) is 3.08. The van der Waals surface area contributed by atoms with E-state index in [1.807, 2.05) is 6.26 Å². The van der Waals surface area contributed by atoms with Crippen molar-refractivity contribution in [3.05, 3.63) is 6.33 Å². The third kappa shape index (κ3) is 2.28. The molecule has 2 rings (SSSR count). The van der Waals surface area contributed by atoms with Crippen LogP contribution in [0.15, 0.2) is 11.5 Å². The Morgan fingerprint density at radius 2 is 2.40 bits per heavy atom. The highest BCUT2D eigenvalue weighted by Gasteiger charge is 2.30. The minimum absolute atomic E-state index is 0.0510.